The first kappa shape index (κ1) is 10.8. The Balaban J connectivity index is 4.22. The topological polar surface area (TPSA) is 55.7 Å². The van der Waals surface area contributed by atoms with E-state index < -0.39 is 5.97 Å². The van der Waals surface area contributed by atoms with Crippen molar-refractivity contribution in [2.24, 2.45) is 5.16 Å². The first-order valence-electron chi connectivity index (χ1n) is 3.89. The fourth-order valence-electron chi connectivity index (χ4n) is 0.636. The summed E-state index contributed by atoms with van der Waals surface area (Å²) in [5, 5.41) is 3.43. The Bertz CT molecular complexity index is 208. The van der Waals surface area contributed by atoms with E-state index in [1.54, 1.807) is 13.8 Å². The van der Waals surface area contributed by atoms with Gasteiger partial charge in [0.2, 0.25) is 0 Å². The van der Waals surface area contributed by atoms with Crippen LogP contribution in [-0.2, 0) is 14.4 Å². The number of carbonyl (C=O) groups excluding carboxylic acids is 2. The van der Waals surface area contributed by atoms with Crippen LogP contribution in [0.4, 0.5) is 0 Å². The van der Waals surface area contributed by atoms with E-state index in [2.05, 4.69) is 9.99 Å². The smallest absolute Gasteiger partial charge is 0.318 e. The summed E-state index contributed by atoms with van der Waals surface area (Å²) in [6.07, 6.45) is 0.869. The monoisotopic (exact) mass is 171 g/mol. The highest BCUT2D eigenvalue weighted by Gasteiger charge is 2.07. The van der Waals surface area contributed by atoms with E-state index in [4.69, 9.17) is 0 Å². The van der Waals surface area contributed by atoms with Crippen LogP contribution in [-0.4, -0.2) is 17.5 Å². The number of carbonyl (C=O) groups is 2. The molecule has 0 fully saturated rings. The third kappa shape index (κ3) is 3.85. The van der Waals surface area contributed by atoms with Gasteiger partial charge in [-0.1, -0.05) is 19.0 Å². The SMILES string of the molecule is CCC(=O)C(CC)=NOC(C)=O. The lowest BCUT2D eigenvalue weighted by Crippen LogP contribution is -2.12. The maximum Gasteiger partial charge on any atom is 0.331 e. The van der Waals surface area contributed by atoms with Crippen LogP contribution in [0, 0.1) is 0 Å². The molecule has 0 atom stereocenters. The third-order valence-electron chi connectivity index (χ3n) is 1.26. The van der Waals surface area contributed by atoms with Crippen LogP contribution in [0.3, 0.4) is 0 Å². The zero-order valence-electron chi connectivity index (χ0n) is 7.59. The van der Waals surface area contributed by atoms with E-state index in [1.807, 2.05) is 0 Å². The largest absolute Gasteiger partial charge is 0.331 e. The molecule has 12 heavy (non-hydrogen) atoms. The average molecular weight is 171 g/mol. The van der Waals surface area contributed by atoms with Gasteiger partial charge < -0.3 is 4.84 Å². The lowest BCUT2D eigenvalue weighted by Gasteiger charge is -1.97. The van der Waals surface area contributed by atoms with Crippen molar-refractivity contribution < 1.29 is 14.4 Å². The molecule has 0 aliphatic heterocycles. The van der Waals surface area contributed by atoms with Crippen molar-refractivity contribution in [3.63, 3.8) is 0 Å². The van der Waals surface area contributed by atoms with E-state index >= 15 is 0 Å². The molecule has 0 N–H and O–H groups in total. The minimum absolute atomic E-state index is 0.0845. The number of ketones is 1. The Morgan fingerprint density at radius 1 is 1.25 bits per heavy atom. The normalized spacial score (nSPS) is 11.1. The Labute approximate surface area is 71.6 Å². The fourth-order valence-corrected chi connectivity index (χ4v) is 0.636. The van der Waals surface area contributed by atoms with E-state index in [-0.39, 0.29) is 5.78 Å². The van der Waals surface area contributed by atoms with E-state index in [9.17, 15) is 9.59 Å². The van der Waals surface area contributed by atoms with Crippen LogP contribution in [0.15, 0.2) is 5.16 Å². The maximum absolute atomic E-state index is 11.0. The van der Waals surface area contributed by atoms with Crippen molar-refractivity contribution in [1.29, 1.82) is 0 Å². The quantitative estimate of drug-likeness (QED) is 0.364. The number of nitrogens with zero attached hydrogens (tertiary/aromatic N) is 1. The minimum atomic E-state index is -0.509. The predicted octanol–water partition coefficient (Wildman–Crippen LogP) is 1.29. The van der Waals surface area contributed by atoms with Crippen molar-refractivity contribution in [3.8, 4) is 0 Å². The molecule has 0 rings (SSSR count). The Kier molecular flexibility index (Phi) is 4.92. The second-order valence-electron chi connectivity index (χ2n) is 2.25. The number of Topliss-reactive ketones (excluding diaryl/α,β-unsaturated/α-hetero) is 1. The zero-order chi connectivity index (χ0) is 9.56. The summed E-state index contributed by atoms with van der Waals surface area (Å²) < 4.78 is 0. The molecule has 0 saturated heterocycles. The highest BCUT2D eigenvalue weighted by Crippen LogP contribution is 1.93. The molecule has 68 valence electrons. The lowest BCUT2D eigenvalue weighted by molar-refractivity contribution is -0.140. The lowest BCUT2D eigenvalue weighted by atomic mass is 10.1. The molecule has 0 aliphatic carbocycles. The predicted molar refractivity (Wildman–Crippen MR) is 44.8 cm³/mol. The molecular weight excluding hydrogens is 158 g/mol. The third-order valence-corrected chi connectivity index (χ3v) is 1.26. The molecule has 4 nitrogen and oxygen atoms in total. The molecule has 4 heteroatoms. The van der Waals surface area contributed by atoms with Crippen LogP contribution in [0.25, 0.3) is 0 Å². The summed E-state index contributed by atoms with van der Waals surface area (Å²) >= 11 is 0. The van der Waals surface area contributed by atoms with Gasteiger partial charge >= 0.3 is 5.97 Å². The molecule has 0 bridgehead atoms. The highest BCUT2D eigenvalue weighted by molar-refractivity contribution is 6.39. The fraction of sp³-hybridized carbons (Fsp3) is 0.625. The van der Waals surface area contributed by atoms with Crippen molar-refractivity contribution in [2.45, 2.75) is 33.6 Å². The second kappa shape index (κ2) is 5.46. The van der Waals surface area contributed by atoms with Gasteiger partial charge in [0, 0.05) is 13.3 Å². The van der Waals surface area contributed by atoms with Crippen LogP contribution >= 0.6 is 0 Å². The Hall–Kier alpha value is -1.19. The highest BCUT2D eigenvalue weighted by atomic mass is 16.7. The number of rotatable bonds is 4. The average Bonchev–Trinajstić information content (AvgIpc) is 2.04. The summed E-state index contributed by atoms with van der Waals surface area (Å²) in [6.45, 7) is 4.77. The zero-order valence-corrected chi connectivity index (χ0v) is 7.59. The Morgan fingerprint density at radius 3 is 2.17 bits per heavy atom. The number of hydrogen-bond acceptors (Lipinski definition) is 4. The molecule has 0 aromatic rings. The first-order valence-corrected chi connectivity index (χ1v) is 3.89. The van der Waals surface area contributed by atoms with Gasteiger partial charge in [-0.25, -0.2) is 4.79 Å². The summed E-state index contributed by atoms with van der Waals surface area (Å²) in [6, 6.07) is 0. The van der Waals surface area contributed by atoms with Crippen molar-refractivity contribution >= 4 is 17.5 Å². The first-order chi connectivity index (χ1) is 5.61. The maximum atomic E-state index is 11.0. The van der Waals surface area contributed by atoms with Gasteiger partial charge in [-0.3, -0.25) is 4.79 Å². The van der Waals surface area contributed by atoms with E-state index in [1.165, 1.54) is 6.92 Å². The summed E-state index contributed by atoms with van der Waals surface area (Å²) in [5.74, 6) is -0.594. The molecule has 0 aromatic heterocycles. The van der Waals surface area contributed by atoms with Gasteiger partial charge in [-0.05, 0) is 6.42 Å². The molecule has 0 aromatic carbocycles. The summed E-state index contributed by atoms with van der Waals surface area (Å²) in [5.41, 5.74) is 0.313. The van der Waals surface area contributed by atoms with Crippen molar-refractivity contribution in [2.75, 3.05) is 0 Å². The van der Waals surface area contributed by atoms with Gasteiger partial charge in [0.15, 0.2) is 5.78 Å². The van der Waals surface area contributed by atoms with Gasteiger partial charge in [0.25, 0.3) is 0 Å². The molecule has 0 spiro atoms. The molecule has 0 saturated carbocycles. The molecular formula is C8H13NO3. The van der Waals surface area contributed by atoms with Crippen molar-refractivity contribution in [1.82, 2.24) is 0 Å². The molecule has 0 heterocycles. The second-order valence-corrected chi connectivity index (χ2v) is 2.25. The summed E-state index contributed by atoms with van der Waals surface area (Å²) in [4.78, 5) is 25.7. The van der Waals surface area contributed by atoms with Crippen LogP contribution in [0.5, 0.6) is 0 Å². The van der Waals surface area contributed by atoms with Gasteiger partial charge in [-0.2, -0.15) is 0 Å². The number of oxime groups is 1. The minimum Gasteiger partial charge on any atom is -0.318 e. The summed E-state index contributed by atoms with van der Waals surface area (Å²) in [7, 11) is 0. The Morgan fingerprint density at radius 2 is 1.83 bits per heavy atom. The van der Waals surface area contributed by atoms with Crippen LogP contribution in [0.2, 0.25) is 0 Å². The molecule has 0 radical (unpaired) electrons. The molecule has 0 amide bonds. The van der Waals surface area contributed by atoms with E-state index in [0.29, 0.717) is 18.6 Å². The van der Waals surface area contributed by atoms with Gasteiger partial charge in [-0.15, -0.1) is 0 Å². The van der Waals surface area contributed by atoms with Gasteiger partial charge in [0.1, 0.15) is 5.71 Å². The number of hydrogen-bond donors (Lipinski definition) is 0. The van der Waals surface area contributed by atoms with Crippen LogP contribution in [0.1, 0.15) is 33.6 Å². The molecule has 0 unspecified atom stereocenters. The van der Waals surface area contributed by atoms with Crippen molar-refractivity contribution in [3.05, 3.63) is 0 Å². The van der Waals surface area contributed by atoms with E-state index in [0.717, 1.165) is 0 Å². The standard InChI is InChI=1S/C8H13NO3/c1-4-7(8(11)5-2)9-12-6(3)10/h4-5H2,1-3H3. The van der Waals surface area contributed by atoms with Gasteiger partial charge in [0.05, 0.1) is 0 Å². The molecule has 0 aliphatic rings. The van der Waals surface area contributed by atoms with Crippen LogP contribution < -0.4 is 0 Å².